The van der Waals surface area contributed by atoms with Gasteiger partial charge in [-0.2, -0.15) is 0 Å². The summed E-state index contributed by atoms with van der Waals surface area (Å²) < 4.78 is 5.51. The first-order chi connectivity index (χ1) is 12.1. The van der Waals surface area contributed by atoms with Gasteiger partial charge in [0.15, 0.2) is 0 Å². The molecule has 2 aromatic carbocycles. The second-order valence-electron chi connectivity index (χ2n) is 5.75. The van der Waals surface area contributed by atoms with E-state index in [1.165, 1.54) is 0 Å². The Bertz CT molecular complexity index is 779. The third kappa shape index (κ3) is 3.68. The summed E-state index contributed by atoms with van der Waals surface area (Å²) in [6, 6.07) is 14.1. The number of fused-ring (bicyclic) bond motifs is 1. The smallest absolute Gasteiger partial charge is 0.262 e. The van der Waals surface area contributed by atoms with Crippen LogP contribution >= 0.6 is 0 Å². The molecule has 1 aliphatic rings. The number of imide groups is 1. The number of ether oxygens (including phenoxy) is 1. The first-order valence-electron chi connectivity index (χ1n) is 7.97. The fourth-order valence-corrected chi connectivity index (χ4v) is 2.58. The molecular weight excluding hydrogens is 320 g/mol. The highest BCUT2D eigenvalue weighted by atomic mass is 16.5. The third-order valence-corrected chi connectivity index (χ3v) is 3.89. The number of carbonyl (C=O) groups is 3. The highest BCUT2D eigenvalue weighted by Crippen LogP contribution is 2.21. The monoisotopic (exact) mass is 338 g/mol. The van der Waals surface area contributed by atoms with E-state index >= 15 is 0 Å². The maximum Gasteiger partial charge on any atom is 0.262 e. The summed E-state index contributed by atoms with van der Waals surface area (Å²) in [5.41, 5.74) is 1.81. The van der Waals surface area contributed by atoms with Crippen molar-refractivity contribution in [1.29, 1.82) is 0 Å². The second-order valence-corrected chi connectivity index (χ2v) is 5.75. The Morgan fingerprint density at radius 2 is 1.60 bits per heavy atom. The Kier molecular flexibility index (Phi) is 4.79. The van der Waals surface area contributed by atoms with Crippen LogP contribution in [0.3, 0.4) is 0 Å². The van der Waals surface area contributed by atoms with E-state index in [1.807, 2.05) is 31.2 Å². The van der Waals surface area contributed by atoms with Gasteiger partial charge in [-0.3, -0.25) is 19.3 Å². The normalized spacial score (nSPS) is 12.9. The lowest BCUT2D eigenvalue weighted by Gasteiger charge is -2.14. The summed E-state index contributed by atoms with van der Waals surface area (Å²) in [6.07, 6.45) is 0. The molecule has 0 radical (unpaired) electrons. The van der Waals surface area contributed by atoms with Crippen molar-refractivity contribution in [3.63, 3.8) is 0 Å². The largest absolute Gasteiger partial charge is 0.492 e. The van der Waals surface area contributed by atoms with Crippen molar-refractivity contribution in [2.45, 2.75) is 6.92 Å². The van der Waals surface area contributed by atoms with Gasteiger partial charge < -0.3 is 10.1 Å². The van der Waals surface area contributed by atoms with Gasteiger partial charge in [0.05, 0.1) is 17.7 Å². The number of aryl methyl sites for hydroxylation is 1. The number of rotatable bonds is 6. The summed E-state index contributed by atoms with van der Waals surface area (Å²) >= 11 is 0. The number of amides is 3. The van der Waals surface area contributed by atoms with Gasteiger partial charge in [-0.15, -0.1) is 0 Å². The summed E-state index contributed by atoms with van der Waals surface area (Å²) in [5.74, 6) is -0.555. The third-order valence-electron chi connectivity index (χ3n) is 3.89. The fraction of sp³-hybridized carbons (Fsp3) is 0.211. The minimum atomic E-state index is -0.438. The van der Waals surface area contributed by atoms with E-state index in [0.717, 1.165) is 16.2 Å². The highest BCUT2D eigenvalue weighted by molar-refractivity contribution is 6.22. The highest BCUT2D eigenvalue weighted by Gasteiger charge is 2.36. The molecular formula is C19H18N2O4. The predicted molar refractivity (Wildman–Crippen MR) is 91.5 cm³/mol. The van der Waals surface area contributed by atoms with Crippen LogP contribution in [-0.4, -0.2) is 42.3 Å². The maximum absolute atomic E-state index is 12.2. The van der Waals surface area contributed by atoms with Gasteiger partial charge in [0.2, 0.25) is 5.91 Å². The molecule has 0 aliphatic carbocycles. The zero-order chi connectivity index (χ0) is 17.8. The van der Waals surface area contributed by atoms with Gasteiger partial charge in [0.25, 0.3) is 11.8 Å². The van der Waals surface area contributed by atoms with Crippen molar-refractivity contribution in [3.05, 3.63) is 65.2 Å². The second kappa shape index (κ2) is 7.17. The van der Waals surface area contributed by atoms with E-state index in [0.29, 0.717) is 17.7 Å². The molecule has 0 bridgehead atoms. The summed E-state index contributed by atoms with van der Waals surface area (Å²) in [5, 5.41) is 2.65. The molecule has 1 heterocycles. The van der Waals surface area contributed by atoms with Crippen LogP contribution in [0.25, 0.3) is 0 Å². The van der Waals surface area contributed by atoms with Crippen LogP contribution < -0.4 is 10.1 Å². The Balaban J connectivity index is 1.46. The van der Waals surface area contributed by atoms with Crippen LogP contribution in [0, 0.1) is 6.92 Å². The van der Waals surface area contributed by atoms with Crippen molar-refractivity contribution in [2.24, 2.45) is 0 Å². The molecule has 128 valence electrons. The lowest BCUT2D eigenvalue weighted by atomic mass is 10.1. The summed E-state index contributed by atoms with van der Waals surface area (Å²) in [6.45, 7) is 2.28. The summed E-state index contributed by atoms with van der Waals surface area (Å²) in [4.78, 5) is 37.3. The lowest BCUT2D eigenvalue weighted by molar-refractivity contribution is -0.121. The molecule has 0 fully saturated rings. The molecule has 2 aromatic rings. The van der Waals surface area contributed by atoms with E-state index in [2.05, 4.69) is 5.32 Å². The molecule has 6 nitrogen and oxygen atoms in total. The standard InChI is InChI=1S/C19H18N2O4/c1-13-6-8-14(9-7-13)25-11-10-20-17(22)12-21-18(23)15-4-2-3-5-16(15)19(21)24/h2-9H,10-12H2,1H3,(H,20,22). The number of benzene rings is 2. The number of nitrogens with one attached hydrogen (secondary N) is 1. The molecule has 25 heavy (non-hydrogen) atoms. The van der Waals surface area contributed by atoms with Crippen molar-refractivity contribution in [2.75, 3.05) is 19.7 Å². The molecule has 6 heteroatoms. The Labute approximate surface area is 145 Å². The molecule has 0 unspecified atom stereocenters. The minimum Gasteiger partial charge on any atom is -0.492 e. The number of carbonyl (C=O) groups excluding carboxylic acids is 3. The first-order valence-corrected chi connectivity index (χ1v) is 7.97. The molecule has 1 N–H and O–H groups in total. The quantitative estimate of drug-likeness (QED) is 0.643. The molecule has 1 aliphatic heterocycles. The van der Waals surface area contributed by atoms with Crippen molar-refractivity contribution >= 4 is 17.7 Å². The number of nitrogens with zero attached hydrogens (tertiary/aromatic N) is 1. The van der Waals surface area contributed by atoms with Crippen LogP contribution in [0.1, 0.15) is 26.3 Å². The number of hydrogen-bond donors (Lipinski definition) is 1. The molecule has 3 rings (SSSR count). The van der Waals surface area contributed by atoms with Crippen molar-refractivity contribution in [1.82, 2.24) is 10.2 Å². The molecule has 0 saturated heterocycles. The van der Waals surface area contributed by atoms with Crippen LogP contribution in [0.5, 0.6) is 5.75 Å². The molecule has 0 atom stereocenters. The van der Waals surface area contributed by atoms with E-state index in [4.69, 9.17) is 4.74 Å². The van der Waals surface area contributed by atoms with Gasteiger partial charge in [0.1, 0.15) is 18.9 Å². The SMILES string of the molecule is Cc1ccc(OCCNC(=O)CN2C(=O)c3ccccc3C2=O)cc1. The molecule has 0 aromatic heterocycles. The van der Waals surface area contributed by atoms with Gasteiger partial charge in [-0.05, 0) is 31.2 Å². The lowest BCUT2D eigenvalue weighted by Crippen LogP contribution is -2.41. The van der Waals surface area contributed by atoms with Crippen molar-refractivity contribution in [3.8, 4) is 5.75 Å². The van der Waals surface area contributed by atoms with E-state index in [-0.39, 0.29) is 13.1 Å². The predicted octanol–water partition coefficient (Wildman–Crippen LogP) is 1.79. The minimum absolute atomic E-state index is 0.288. The van der Waals surface area contributed by atoms with Gasteiger partial charge in [-0.25, -0.2) is 0 Å². The summed E-state index contributed by atoms with van der Waals surface area (Å²) in [7, 11) is 0. The van der Waals surface area contributed by atoms with Gasteiger partial charge in [-0.1, -0.05) is 29.8 Å². The van der Waals surface area contributed by atoms with Crippen LogP contribution in [0.15, 0.2) is 48.5 Å². The maximum atomic E-state index is 12.2. The average Bonchev–Trinajstić information content (AvgIpc) is 2.86. The number of hydrogen-bond acceptors (Lipinski definition) is 4. The molecule has 0 saturated carbocycles. The van der Waals surface area contributed by atoms with Crippen LogP contribution in [0.2, 0.25) is 0 Å². The Hall–Kier alpha value is -3.15. The Morgan fingerprint density at radius 1 is 1.00 bits per heavy atom. The average molecular weight is 338 g/mol. The topological polar surface area (TPSA) is 75.7 Å². The Morgan fingerprint density at radius 3 is 2.20 bits per heavy atom. The van der Waals surface area contributed by atoms with Gasteiger partial charge >= 0.3 is 0 Å². The zero-order valence-electron chi connectivity index (χ0n) is 13.8. The van der Waals surface area contributed by atoms with Crippen LogP contribution in [-0.2, 0) is 4.79 Å². The molecule has 3 amide bonds. The van der Waals surface area contributed by atoms with Gasteiger partial charge in [0, 0.05) is 0 Å². The molecule has 0 spiro atoms. The van der Waals surface area contributed by atoms with Crippen LogP contribution in [0.4, 0.5) is 0 Å². The zero-order valence-corrected chi connectivity index (χ0v) is 13.8. The van der Waals surface area contributed by atoms with E-state index < -0.39 is 17.7 Å². The van der Waals surface area contributed by atoms with E-state index in [1.54, 1.807) is 24.3 Å². The first kappa shape index (κ1) is 16.7. The fourth-order valence-electron chi connectivity index (χ4n) is 2.58. The van der Waals surface area contributed by atoms with Crippen molar-refractivity contribution < 1.29 is 19.1 Å². The van der Waals surface area contributed by atoms with E-state index in [9.17, 15) is 14.4 Å².